The monoisotopic (exact) mass is 93.0 g/mol. The van der Waals surface area contributed by atoms with Gasteiger partial charge in [0.25, 0.3) is 0 Å². The third-order valence-electron chi connectivity index (χ3n) is 0. The van der Waals surface area contributed by atoms with Gasteiger partial charge in [-0.05, 0) is 4.11 Å². The Labute approximate surface area is 56.6 Å². The summed E-state index contributed by atoms with van der Waals surface area (Å²) < 4.78 is 31.4. The minimum absolute atomic E-state index is 0. The number of halogens is 1. The number of hydrogen-bond acceptors (Lipinski definition) is 0. The molecule has 0 atom stereocenters. The van der Waals surface area contributed by atoms with Crippen LogP contribution in [0.15, 0.2) is 0 Å². The van der Waals surface area contributed by atoms with Crippen molar-refractivity contribution < 1.29 is 19.3 Å². The van der Waals surface area contributed by atoms with Gasteiger partial charge < -0.3 is 19.3 Å². The van der Waals surface area contributed by atoms with E-state index in [4.69, 9.17) is 6.85 Å². The van der Waals surface area contributed by atoms with E-state index >= 15 is 0 Å². The van der Waals surface area contributed by atoms with Crippen molar-refractivity contribution in [2.75, 3.05) is 0 Å². The van der Waals surface area contributed by atoms with Crippen molar-refractivity contribution >= 4 is 23.1 Å². The molecule has 0 saturated carbocycles. The summed E-state index contributed by atoms with van der Waals surface area (Å²) in [5.74, 6) is 0. The van der Waals surface area contributed by atoms with Gasteiger partial charge in [0, 0.05) is 0 Å². The van der Waals surface area contributed by atoms with E-state index in [2.05, 4.69) is 0 Å². The van der Waals surface area contributed by atoms with E-state index in [0.717, 1.165) is 0 Å². The molecule has 4 heavy (non-hydrogen) atoms. The Kier molecular flexibility index (Phi) is 14.2. The number of hydrogen-bond donors (Lipinski definition) is 0. The summed E-state index contributed by atoms with van der Waals surface area (Å²) in [6.45, 7) is -3.51. The van der Waals surface area contributed by atoms with Crippen LogP contribution in [0.3, 0.4) is 0 Å². The molecule has 0 nitrogen and oxygen atoms in total. The summed E-state index contributed by atoms with van der Waals surface area (Å²) in [5, 5.41) is 0. The Morgan fingerprint density at radius 3 is 2.50 bits per heavy atom. The molecule has 2 heteroatoms. The van der Waals surface area contributed by atoms with Crippen LogP contribution in [0.2, 0.25) is 0 Å². The van der Waals surface area contributed by atoms with Gasteiger partial charge in [-0.25, -0.2) is 2.74 Å². The molecule has 0 N–H and O–H groups in total. The fraction of sp³-hybridized carbons (Fsp3) is 0.500. The molecule has 0 heterocycles. The fourth-order valence-corrected chi connectivity index (χ4v) is 0. The molecule has 0 fully saturated rings. The van der Waals surface area contributed by atoms with Gasteiger partial charge in [-0.2, -0.15) is 6.85 Å². The quantitative estimate of drug-likeness (QED) is 0.229. The Balaban J connectivity index is -0.000000180. The van der Waals surface area contributed by atoms with E-state index in [1.807, 2.05) is 0 Å². The first-order valence-corrected chi connectivity index (χ1v) is 0.250. The van der Waals surface area contributed by atoms with Crippen molar-refractivity contribution in [3.63, 3.8) is 0 Å². The maximum absolute atomic E-state index is 6.31. The summed E-state index contributed by atoms with van der Waals surface area (Å²) in [5.41, 5.74) is 0. The molecule has 0 aromatic heterocycles. The molecule has 0 rings (SSSR count). The fourth-order valence-electron chi connectivity index (χ4n) is 0. The molecule has 0 bridgehead atoms. The van der Waals surface area contributed by atoms with Crippen LogP contribution in [0.4, 0.5) is 0 Å². The largest absolute Gasteiger partial charge is 2.00 e. The first-order valence-electron chi connectivity index (χ1n) is 2.75. The first kappa shape index (κ1) is 1.67. The van der Waals surface area contributed by atoms with Crippen molar-refractivity contribution in [2.45, 2.75) is 6.85 Å². The normalized spacial score (nSPS) is 23.8. The van der Waals surface area contributed by atoms with Crippen LogP contribution in [-0.4, -0.2) is 23.1 Å². The minimum atomic E-state index is -2.50. The Bertz CT molecular complexity index is 60.5. The molecule has 0 aliphatic heterocycles. The SMILES string of the molecule is [2H][C-]([2H])C([2H])([2H])[2H].[Cl-].[Mg+2]. The molecular formula is C2H5ClMg. The van der Waals surface area contributed by atoms with E-state index in [-0.39, 0.29) is 35.5 Å². The zero-order valence-corrected chi connectivity index (χ0v) is 4.26. The molecule has 0 unspecified atom stereocenters. The van der Waals surface area contributed by atoms with Crippen molar-refractivity contribution in [1.29, 1.82) is 0 Å². The third kappa shape index (κ3) is 11.6. The summed E-state index contributed by atoms with van der Waals surface area (Å²) >= 11 is 0. The predicted octanol–water partition coefficient (Wildman–Crippen LogP) is -2.54. The second-order valence-corrected chi connectivity index (χ2v) is 0. The summed E-state index contributed by atoms with van der Waals surface area (Å²) in [6, 6.07) is 0. The van der Waals surface area contributed by atoms with Crippen LogP contribution in [0.1, 0.15) is 13.7 Å². The van der Waals surface area contributed by atoms with Crippen LogP contribution in [0.25, 0.3) is 0 Å². The predicted molar refractivity (Wildman–Crippen MR) is 16.8 cm³/mol. The molecule has 0 aromatic carbocycles. The Morgan fingerprint density at radius 2 is 2.50 bits per heavy atom. The van der Waals surface area contributed by atoms with Gasteiger partial charge in [0.05, 0.1) is 0 Å². The van der Waals surface area contributed by atoms with E-state index in [1.165, 1.54) is 0 Å². The maximum Gasteiger partial charge on any atom is 2.00 e. The average molecular weight is 93.9 g/mol. The molecule has 0 radical (unpaired) electrons. The van der Waals surface area contributed by atoms with Gasteiger partial charge in [-0.15, -0.1) is 0 Å². The second-order valence-electron chi connectivity index (χ2n) is 0. The van der Waals surface area contributed by atoms with Crippen LogP contribution >= 0.6 is 0 Å². The van der Waals surface area contributed by atoms with Crippen molar-refractivity contribution in [3.8, 4) is 0 Å². The van der Waals surface area contributed by atoms with Crippen LogP contribution in [0.5, 0.6) is 0 Å². The minimum Gasteiger partial charge on any atom is -1.00 e. The summed E-state index contributed by atoms with van der Waals surface area (Å²) in [4.78, 5) is 0. The van der Waals surface area contributed by atoms with Crippen molar-refractivity contribution in [1.82, 2.24) is 0 Å². The van der Waals surface area contributed by atoms with Gasteiger partial charge in [0.1, 0.15) is 0 Å². The standard InChI is InChI=1S/C2H5.ClH.Mg/c1-2;;/h1H2,2H3;1H;/q-1;;+2/p-1/i1D2,2D3;;. The Hall–Kier alpha value is 1.06. The first-order chi connectivity index (χ1) is 2.94. The van der Waals surface area contributed by atoms with Gasteiger partial charge >= 0.3 is 23.1 Å². The van der Waals surface area contributed by atoms with E-state index in [0.29, 0.717) is 0 Å². The molecule has 0 aromatic rings. The molecular weight excluding hydrogens is 83.8 g/mol. The van der Waals surface area contributed by atoms with E-state index in [9.17, 15) is 0 Å². The molecule has 0 aliphatic carbocycles. The third-order valence-corrected chi connectivity index (χ3v) is 0. The zero-order chi connectivity index (χ0) is 6.08. The molecule has 0 spiro atoms. The molecule has 0 amide bonds. The van der Waals surface area contributed by atoms with E-state index < -0.39 is 13.7 Å². The topological polar surface area (TPSA) is 0 Å². The maximum atomic E-state index is 6.31. The van der Waals surface area contributed by atoms with Gasteiger partial charge in [0.2, 0.25) is 0 Å². The molecule has 0 aliphatic rings. The summed E-state index contributed by atoms with van der Waals surface area (Å²) in [7, 11) is 0. The Morgan fingerprint density at radius 1 is 2.25 bits per heavy atom. The molecule has 22 valence electrons. The van der Waals surface area contributed by atoms with Crippen molar-refractivity contribution in [2.24, 2.45) is 0 Å². The summed E-state index contributed by atoms with van der Waals surface area (Å²) in [6.07, 6.45) is 0. The van der Waals surface area contributed by atoms with Crippen molar-refractivity contribution in [3.05, 3.63) is 6.88 Å². The van der Waals surface area contributed by atoms with Gasteiger partial charge in [-0.3, -0.25) is 0 Å². The van der Waals surface area contributed by atoms with Crippen LogP contribution in [0, 0.1) is 6.88 Å². The van der Waals surface area contributed by atoms with E-state index in [1.54, 1.807) is 0 Å². The van der Waals surface area contributed by atoms with Crippen LogP contribution in [-0.2, 0) is 0 Å². The van der Waals surface area contributed by atoms with Gasteiger partial charge in [-0.1, -0.05) is 0 Å². The average Bonchev–Trinajstić information content (AvgIpc) is 1.31. The smallest absolute Gasteiger partial charge is 1.00 e. The van der Waals surface area contributed by atoms with Crippen LogP contribution < -0.4 is 12.4 Å². The van der Waals surface area contributed by atoms with Gasteiger partial charge in [0.15, 0.2) is 0 Å². The second kappa shape index (κ2) is 34.0. The zero-order valence-electron chi connectivity index (χ0n) is 7.09. The number of rotatable bonds is 0. The molecule has 0 saturated heterocycles.